The molecule has 2 aliphatic carbocycles. The van der Waals surface area contributed by atoms with E-state index >= 15 is 0 Å². The number of hydrogen-bond acceptors (Lipinski definition) is 4. The third-order valence-electron chi connectivity index (χ3n) is 6.01. The second-order valence-corrected chi connectivity index (χ2v) is 7.61. The molecule has 0 spiro atoms. The predicted octanol–water partition coefficient (Wildman–Crippen LogP) is 0.765. The lowest BCUT2D eigenvalue weighted by Crippen LogP contribution is -2.41. The van der Waals surface area contributed by atoms with Gasteiger partial charge in [-0.3, -0.25) is 13.9 Å². The molecule has 130 valence electrons. The van der Waals surface area contributed by atoms with Crippen molar-refractivity contribution in [2.45, 2.75) is 50.7 Å². The minimum absolute atomic E-state index is 0.254. The summed E-state index contributed by atoms with van der Waals surface area (Å²) in [5.41, 5.74) is -0.0577. The van der Waals surface area contributed by atoms with Crippen LogP contribution in [0.25, 0.3) is 11.2 Å². The van der Waals surface area contributed by atoms with Crippen LogP contribution in [0.3, 0.4) is 0 Å². The first kappa shape index (κ1) is 15.6. The highest BCUT2D eigenvalue weighted by Gasteiger charge is 2.48. The van der Waals surface area contributed by atoms with Crippen molar-refractivity contribution < 1.29 is 5.11 Å². The Morgan fingerprint density at radius 3 is 2.50 bits per heavy atom. The summed E-state index contributed by atoms with van der Waals surface area (Å²) in [6.45, 7) is 0.456. The average Bonchev–Trinajstić information content (AvgIpc) is 3.20. The van der Waals surface area contributed by atoms with Crippen LogP contribution >= 0.6 is 0 Å². The molecular weight excluding hydrogens is 308 g/mol. The Hall–Kier alpha value is -1.89. The summed E-state index contributed by atoms with van der Waals surface area (Å²) < 4.78 is 4.49. The summed E-state index contributed by atoms with van der Waals surface area (Å²) in [5.74, 6) is 0.715. The van der Waals surface area contributed by atoms with Crippen LogP contribution in [0.2, 0.25) is 0 Å². The zero-order valence-corrected chi connectivity index (χ0v) is 14.2. The van der Waals surface area contributed by atoms with Crippen molar-refractivity contribution >= 4 is 11.2 Å². The average molecular weight is 332 g/mol. The molecule has 7 heteroatoms. The van der Waals surface area contributed by atoms with Crippen LogP contribution in [0.1, 0.15) is 38.5 Å². The van der Waals surface area contributed by atoms with Gasteiger partial charge < -0.3 is 9.67 Å². The van der Waals surface area contributed by atoms with Crippen molar-refractivity contribution in [3.8, 4) is 0 Å². The van der Waals surface area contributed by atoms with Gasteiger partial charge in [0.15, 0.2) is 11.2 Å². The minimum atomic E-state index is -0.411. The Labute approximate surface area is 139 Å². The maximum absolute atomic E-state index is 12.7. The van der Waals surface area contributed by atoms with Crippen molar-refractivity contribution in [3.05, 3.63) is 27.2 Å². The van der Waals surface area contributed by atoms with Crippen molar-refractivity contribution in [3.63, 3.8) is 0 Å². The van der Waals surface area contributed by atoms with Crippen molar-refractivity contribution in [2.24, 2.45) is 25.9 Å². The Morgan fingerprint density at radius 2 is 1.88 bits per heavy atom. The summed E-state index contributed by atoms with van der Waals surface area (Å²) in [6, 6.07) is 0. The molecule has 0 radical (unpaired) electrons. The number of fused-ring (bicyclic) bond motifs is 1. The third-order valence-corrected chi connectivity index (χ3v) is 6.01. The first-order valence-electron chi connectivity index (χ1n) is 8.74. The predicted molar refractivity (Wildman–Crippen MR) is 89.8 cm³/mol. The standard InChI is InChI=1S/C17H24N4O3/c1-19-10-18-14-13(19)15(22)21(16(23)20(14)2)9-11-3-5-12(6-4-11)17(24)7-8-17/h10-12,24H,3-9H2,1-2H3. The van der Waals surface area contributed by atoms with E-state index in [9.17, 15) is 14.7 Å². The summed E-state index contributed by atoms with van der Waals surface area (Å²) in [5, 5.41) is 10.3. The zero-order valence-electron chi connectivity index (χ0n) is 14.2. The van der Waals surface area contributed by atoms with Gasteiger partial charge in [-0.25, -0.2) is 9.78 Å². The Bertz CT molecular complexity index is 895. The normalized spacial score (nSPS) is 26.0. The molecule has 0 amide bonds. The first-order chi connectivity index (χ1) is 11.4. The quantitative estimate of drug-likeness (QED) is 0.900. The summed E-state index contributed by atoms with van der Waals surface area (Å²) in [4.78, 5) is 29.5. The lowest BCUT2D eigenvalue weighted by molar-refractivity contribution is 0.0488. The van der Waals surface area contributed by atoms with E-state index in [1.165, 1.54) is 9.13 Å². The van der Waals surface area contributed by atoms with Gasteiger partial charge in [-0.05, 0) is 50.4 Å². The highest BCUT2D eigenvalue weighted by Crippen LogP contribution is 2.48. The van der Waals surface area contributed by atoms with Crippen LogP contribution < -0.4 is 11.2 Å². The van der Waals surface area contributed by atoms with Gasteiger partial charge in [0.25, 0.3) is 5.56 Å². The van der Waals surface area contributed by atoms with Gasteiger partial charge in [-0.2, -0.15) is 0 Å². The van der Waals surface area contributed by atoms with E-state index in [1.54, 1.807) is 25.0 Å². The zero-order chi connectivity index (χ0) is 17.1. The number of aliphatic hydroxyl groups is 1. The Balaban J connectivity index is 1.60. The van der Waals surface area contributed by atoms with Crippen LogP contribution in [0.15, 0.2) is 15.9 Å². The van der Waals surface area contributed by atoms with E-state index in [-0.39, 0.29) is 11.2 Å². The largest absolute Gasteiger partial charge is 0.390 e. The molecule has 24 heavy (non-hydrogen) atoms. The van der Waals surface area contributed by atoms with E-state index in [2.05, 4.69) is 4.98 Å². The fourth-order valence-corrected chi connectivity index (χ4v) is 4.23. The van der Waals surface area contributed by atoms with Gasteiger partial charge in [0, 0.05) is 20.6 Å². The van der Waals surface area contributed by atoms with Crippen molar-refractivity contribution in [2.75, 3.05) is 0 Å². The summed E-state index contributed by atoms with van der Waals surface area (Å²) in [7, 11) is 3.43. The van der Waals surface area contributed by atoms with Gasteiger partial charge in [-0.15, -0.1) is 0 Å². The molecule has 4 rings (SSSR count). The number of aryl methyl sites for hydroxylation is 2. The molecule has 0 aromatic carbocycles. The summed E-state index contributed by atoms with van der Waals surface area (Å²) in [6.07, 6.45) is 7.34. The van der Waals surface area contributed by atoms with Gasteiger partial charge >= 0.3 is 5.69 Å². The second-order valence-electron chi connectivity index (χ2n) is 7.61. The van der Waals surface area contributed by atoms with Gasteiger partial charge in [0.05, 0.1) is 11.9 Å². The van der Waals surface area contributed by atoms with E-state index in [0.29, 0.717) is 29.5 Å². The van der Waals surface area contributed by atoms with Crippen LogP contribution in [0, 0.1) is 11.8 Å². The number of aromatic nitrogens is 4. The fourth-order valence-electron chi connectivity index (χ4n) is 4.23. The first-order valence-corrected chi connectivity index (χ1v) is 8.74. The molecule has 1 N–H and O–H groups in total. The number of nitrogens with zero attached hydrogens (tertiary/aromatic N) is 4. The Morgan fingerprint density at radius 1 is 1.21 bits per heavy atom. The third kappa shape index (κ3) is 2.33. The smallest absolute Gasteiger partial charge is 0.332 e. The minimum Gasteiger partial charge on any atom is -0.390 e. The molecule has 2 heterocycles. The molecule has 0 unspecified atom stereocenters. The maximum Gasteiger partial charge on any atom is 0.332 e. The second kappa shape index (κ2) is 5.31. The number of imidazole rings is 1. The van der Waals surface area contributed by atoms with E-state index in [4.69, 9.17) is 0 Å². The van der Waals surface area contributed by atoms with Crippen LogP contribution in [-0.2, 0) is 20.6 Å². The molecule has 0 atom stereocenters. The lowest BCUT2D eigenvalue weighted by Gasteiger charge is -2.31. The highest BCUT2D eigenvalue weighted by molar-refractivity contribution is 5.69. The number of hydrogen-bond donors (Lipinski definition) is 1. The van der Waals surface area contributed by atoms with Gasteiger partial charge in [0.2, 0.25) is 0 Å². The van der Waals surface area contributed by atoms with Crippen molar-refractivity contribution in [1.82, 2.24) is 18.7 Å². The van der Waals surface area contributed by atoms with E-state index in [0.717, 1.165) is 38.5 Å². The Kier molecular flexibility index (Phi) is 3.46. The fraction of sp³-hybridized carbons (Fsp3) is 0.706. The molecule has 0 saturated heterocycles. The maximum atomic E-state index is 12.7. The molecule has 0 bridgehead atoms. The molecule has 2 aromatic heterocycles. The van der Waals surface area contributed by atoms with Gasteiger partial charge in [-0.1, -0.05) is 0 Å². The molecule has 2 saturated carbocycles. The lowest BCUT2D eigenvalue weighted by atomic mass is 9.78. The monoisotopic (exact) mass is 332 g/mol. The molecule has 2 aliphatic rings. The van der Waals surface area contributed by atoms with E-state index in [1.807, 2.05) is 0 Å². The number of rotatable bonds is 3. The van der Waals surface area contributed by atoms with E-state index < -0.39 is 5.60 Å². The van der Waals surface area contributed by atoms with Gasteiger partial charge in [0.1, 0.15) is 0 Å². The van der Waals surface area contributed by atoms with Crippen molar-refractivity contribution in [1.29, 1.82) is 0 Å². The molecule has 0 aliphatic heterocycles. The van der Waals surface area contributed by atoms with Crippen LogP contribution in [-0.4, -0.2) is 29.4 Å². The molecule has 2 aromatic rings. The van der Waals surface area contributed by atoms with Crippen LogP contribution in [0.4, 0.5) is 0 Å². The molecular formula is C17H24N4O3. The topological polar surface area (TPSA) is 82.1 Å². The molecule has 7 nitrogen and oxygen atoms in total. The SMILES string of the molecule is Cn1cnc2c1c(=O)n(CC1CCC(C3(O)CC3)CC1)c(=O)n2C. The highest BCUT2D eigenvalue weighted by atomic mass is 16.3. The van der Waals surface area contributed by atoms with Crippen LogP contribution in [0.5, 0.6) is 0 Å². The summed E-state index contributed by atoms with van der Waals surface area (Å²) >= 11 is 0. The molecule has 2 fully saturated rings.